The second-order valence-corrected chi connectivity index (χ2v) is 19.2. The van der Waals surface area contributed by atoms with Crippen molar-refractivity contribution in [2.45, 2.75) is 263 Å². The number of carbonyl (C=O) groups is 2. The Morgan fingerprint density at radius 3 is 1.00 bits per heavy atom. The van der Waals surface area contributed by atoms with E-state index in [-0.39, 0.29) is 53.9 Å². The number of carbonyl (C=O) groups excluding carboxylic acids is 2. The van der Waals surface area contributed by atoms with Gasteiger partial charge in [-0.3, -0.25) is 0 Å². The Morgan fingerprint density at radius 1 is 0.429 bits per heavy atom. The van der Waals surface area contributed by atoms with Crippen molar-refractivity contribution in [3.8, 4) is 0 Å². The van der Waals surface area contributed by atoms with Gasteiger partial charge >= 0.3 is 41.5 Å². The average molecular weight is 909 g/mol. The first-order chi connectivity index (χ1) is 30.3. The third-order valence-corrected chi connectivity index (χ3v) is 12.8. The summed E-state index contributed by atoms with van der Waals surface area (Å²) < 4.78 is 45.9. The summed E-state index contributed by atoms with van der Waals surface area (Å²) >= 11 is 0. The van der Waals surface area contributed by atoms with E-state index in [2.05, 4.69) is 38.2 Å². The van der Waals surface area contributed by atoms with E-state index in [1.54, 1.807) is 0 Å². The zero-order chi connectivity index (χ0) is 45.0. The van der Waals surface area contributed by atoms with Gasteiger partial charge in [-0.25, -0.2) is 18.0 Å². The van der Waals surface area contributed by atoms with E-state index in [9.17, 15) is 22.6 Å². The van der Waals surface area contributed by atoms with Crippen LogP contribution in [0.4, 0.5) is 0 Å². The normalized spacial score (nSPS) is 11.7. The summed E-state index contributed by atoms with van der Waals surface area (Å²) in [6, 6.07) is 3.13. The van der Waals surface area contributed by atoms with Gasteiger partial charge < -0.3 is 14.0 Å². The molecule has 0 spiro atoms. The van der Waals surface area contributed by atoms with Crippen LogP contribution in [0.5, 0.6) is 0 Å². The Labute approximate surface area is 410 Å². The van der Waals surface area contributed by atoms with Gasteiger partial charge in [0.1, 0.15) is 10.1 Å². The van der Waals surface area contributed by atoms with Crippen molar-refractivity contribution in [2.75, 3.05) is 13.2 Å². The number of unbranched alkanes of at least 4 members (excludes halogenated alkanes) is 34. The van der Waals surface area contributed by atoms with E-state index in [4.69, 9.17) is 9.47 Å². The Balaban J connectivity index is 0.0000384. The van der Waals surface area contributed by atoms with E-state index in [1.165, 1.54) is 180 Å². The number of benzene rings is 1. The van der Waals surface area contributed by atoms with Crippen molar-refractivity contribution in [2.24, 2.45) is 0 Å². The SMILES string of the molecule is CCCCCCCCCCCCCCCC/C=C/CCCCCOC(=O)c1ccc(S(=O)(=O)[O-])cc1C(=O)OCCCCC/C=C/CCCCCCCCCCCCCCCC.[Na+]. The molecule has 0 amide bonds. The molecule has 0 radical (unpaired) electrons. The van der Waals surface area contributed by atoms with Crippen molar-refractivity contribution < 1.29 is 61.6 Å². The molecular weight excluding hydrogens is 816 g/mol. The molecule has 358 valence electrons. The van der Waals surface area contributed by atoms with Crippen molar-refractivity contribution in [1.82, 2.24) is 0 Å². The van der Waals surface area contributed by atoms with Gasteiger partial charge in [-0.15, -0.1) is 0 Å². The topological polar surface area (TPSA) is 110 Å². The van der Waals surface area contributed by atoms with Crippen molar-refractivity contribution in [3.63, 3.8) is 0 Å². The van der Waals surface area contributed by atoms with Crippen LogP contribution < -0.4 is 29.6 Å². The minimum Gasteiger partial charge on any atom is -0.744 e. The number of esters is 2. The molecule has 63 heavy (non-hydrogen) atoms. The Bertz CT molecular complexity index is 1380. The van der Waals surface area contributed by atoms with Gasteiger partial charge in [0.05, 0.1) is 29.2 Å². The summed E-state index contributed by atoms with van der Waals surface area (Å²) in [5.74, 6) is -1.57. The van der Waals surface area contributed by atoms with Crippen molar-refractivity contribution >= 4 is 22.1 Å². The molecule has 0 aromatic heterocycles. The molecular formula is C54H93NaO7S. The van der Waals surface area contributed by atoms with E-state index < -0.39 is 27.0 Å². The molecule has 9 heteroatoms. The molecule has 1 aromatic rings. The van der Waals surface area contributed by atoms with Crippen molar-refractivity contribution in [1.29, 1.82) is 0 Å². The number of hydrogen-bond acceptors (Lipinski definition) is 7. The number of allylic oxidation sites excluding steroid dienone is 4. The van der Waals surface area contributed by atoms with Gasteiger partial charge in [-0.2, -0.15) is 0 Å². The fourth-order valence-electron chi connectivity index (χ4n) is 7.98. The zero-order valence-electron chi connectivity index (χ0n) is 41.1. The maximum Gasteiger partial charge on any atom is 1.00 e. The van der Waals surface area contributed by atoms with Gasteiger partial charge in [0.25, 0.3) is 0 Å². The molecule has 0 N–H and O–H groups in total. The zero-order valence-corrected chi connectivity index (χ0v) is 43.9. The first-order valence-electron chi connectivity index (χ1n) is 26.0. The van der Waals surface area contributed by atoms with Crippen LogP contribution in [-0.2, 0) is 19.6 Å². The first kappa shape index (κ1) is 61.5. The minimum atomic E-state index is -4.83. The predicted molar refractivity (Wildman–Crippen MR) is 260 cm³/mol. The van der Waals surface area contributed by atoms with E-state index >= 15 is 0 Å². The molecule has 0 heterocycles. The fourth-order valence-corrected chi connectivity index (χ4v) is 8.47. The van der Waals surface area contributed by atoms with E-state index in [1.807, 2.05) is 0 Å². The van der Waals surface area contributed by atoms with E-state index in [0.29, 0.717) is 12.8 Å². The first-order valence-corrected chi connectivity index (χ1v) is 27.5. The van der Waals surface area contributed by atoms with Gasteiger partial charge in [0.2, 0.25) is 0 Å². The largest absolute Gasteiger partial charge is 1.00 e. The fraction of sp³-hybridized carbons (Fsp3) is 0.778. The molecule has 0 saturated carbocycles. The molecule has 0 fully saturated rings. The minimum absolute atomic E-state index is 0. The Hall–Kier alpha value is -1.45. The number of hydrogen-bond donors (Lipinski definition) is 0. The van der Waals surface area contributed by atoms with Gasteiger partial charge in [0, 0.05) is 0 Å². The summed E-state index contributed by atoms with van der Waals surface area (Å²) in [4.78, 5) is 25.3. The molecule has 0 aliphatic carbocycles. The molecule has 0 aliphatic heterocycles. The molecule has 0 atom stereocenters. The predicted octanol–water partition coefficient (Wildman–Crippen LogP) is 13.9. The quantitative estimate of drug-likeness (QED) is 0.0211. The standard InChI is InChI=1S/C54H94O7S.Na/c1-3-5-7-9-11-13-15-17-19-21-23-25-27-29-31-33-35-37-39-41-43-47-60-53(55)51-46-45-50(62(57,58)59)49-52(51)54(56)61-48-44-42-40-38-36-34-32-30-28-26-24-22-20-18-16-14-12-10-8-6-4-2;/h33-36,45-46,49H,3-32,37-44,47-48H2,1-2H3,(H,57,58,59);/q;+1/p-1/b35-33+,36-34+;. The third-order valence-electron chi connectivity index (χ3n) is 12.0. The summed E-state index contributed by atoms with van der Waals surface area (Å²) in [6.45, 7) is 4.87. The second kappa shape index (κ2) is 45.7. The van der Waals surface area contributed by atoms with Gasteiger partial charge in [0.15, 0.2) is 0 Å². The van der Waals surface area contributed by atoms with Crippen LogP contribution >= 0.6 is 0 Å². The summed E-state index contributed by atoms with van der Waals surface area (Å²) in [5, 5.41) is 0. The van der Waals surface area contributed by atoms with Crippen LogP contribution in [0, 0.1) is 0 Å². The number of ether oxygens (including phenoxy) is 2. The monoisotopic (exact) mass is 909 g/mol. The maximum absolute atomic E-state index is 13.0. The molecule has 0 bridgehead atoms. The molecule has 0 unspecified atom stereocenters. The molecule has 1 rings (SSSR count). The third kappa shape index (κ3) is 38.4. The molecule has 0 aliphatic rings. The molecule has 0 saturated heterocycles. The molecule has 7 nitrogen and oxygen atoms in total. The summed E-state index contributed by atoms with van der Waals surface area (Å²) in [7, 11) is -4.83. The van der Waals surface area contributed by atoms with Crippen LogP contribution in [0.2, 0.25) is 0 Å². The average Bonchev–Trinajstić information content (AvgIpc) is 3.26. The maximum atomic E-state index is 13.0. The Morgan fingerprint density at radius 2 is 0.698 bits per heavy atom. The molecule has 1 aromatic carbocycles. The van der Waals surface area contributed by atoms with Gasteiger partial charge in [-0.05, 0) is 95.2 Å². The Kier molecular flexibility index (Phi) is 44.6. The van der Waals surface area contributed by atoms with Crippen LogP contribution in [0.1, 0.15) is 279 Å². The van der Waals surface area contributed by atoms with Crippen LogP contribution in [0.15, 0.2) is 47.4 Å². The van der Waals surface area contributed by atoms with Crippen LogP contribution in [-0.4, -0.2) is 38.1 Å². The number of rotatable bonds is 45. The smallest absolute Gasteiger partial charge is 0.744 e. The second-order valence-electron chi connectivity index (χ2n) is 17.8. The van der Waals surface area contributed by atoms with Crippen LogP contribution in [0.25, 0.3) is 0 Å². The van der Waals surface area contributed by atoms with E-state index in [0.717, 1.165) is 69.6 Å². The van der Waals surface area contributed by atoms with Crippen LogP contribution in [0.3, 0.4) is 0 Å². The summed E-state index contributed by atoms with van der Waals surface area (Å²) in [6.07, 6.45) is 56.7. The van der Waals surface area contributed by atoms with Gasteiger partial charge in [-0.1, -0.05) is 205 Å². The van der Waals surface area contributed by atoms with Crippen molar-refractivity contribution in [3.05, 3.63) is 53.6 Å². The summed E-state index contributed by atoms with van der Waals surface area (Å²) in [5.41, 5.74) is -0.361.